The summed E-state index contributed by atoms with van der Waals surface area (Å²) in [6.07, 6.45) is 2.62. The average molecular weight is 260 g/mol. The Labute approximate surface area is 113 Å². The lowest BCUT2D eigenvalue weighted by atomic mass is 10.1. The third kappa shape index (κ3) is 2.45. The second-order valence-electron chi connectivity index (χ2n) is 5.51. The van der Waals surface area contributed by atoms with Crippen molar-refractivity contribution < 1.29 is 9.90 Å². The van der Waals surface area contributed by atoms with Crippen LogP contribution in [0.1, 0.15) is 18.4 Å². The number of fused-ring (bicyclic) bond motifs is 1. The van der Waals surface area contributed by atoms with E-state index in [-0.39, 0.29) is 18.6 Å². The van der Waals surface area contributed by atoms with Gasteiger partial charge in [0.2, 0.25) is 5.91 Å². The van der Waals surface area contributed by atoms with E-state index in [9.17, 15) is 4.79 Å². The zero-order valence-electron chi connectivity index (χ0n) is 11.0. The van der Waals surface area contributed by atoms with Crippen molar-refractivity contribution in [2.24, 2.45) is 5.92 Å². The Morgan fingerprint density at radius 3 is 3.05 bits per heavy atom. The average Bonchev–Trinajstić information content (AvgIpc) is 3.04. The minimum absolute atomic E-state index is 0.106. The zero-order valence-corrected chi connectivity index (χ0v) is 11.0. The summed E-state index contributed by atoms with van der Waals surface area (Å²) in [7, 11) is 0. The number of aliphatic hydroxyl groups excluding tert-OH is 1. The number of anilines is 1. The molecule has 0 bridgehead atoms. The van der Waals surface area contributed by atoms with Crippen molar-refractivity contribution >= 4 is 11.6 Å². The predicted octanol–water partition coefficient (Wildman–Crippen LogP) is 1.25. The largest absolute Gasteiger partial charge is 0.396 e. The van der Waals surface area contributed by atoms with Crippen LogP contribution in [0.15, 0.2) is 24.3 Å². The molecule has 1 amide bonds. The van der Waals surface area contributed by atoms with Gasteiger partial charge >= 0.3 is 0 Å². The van der Waals surface area contributed by atoms with E-state index in [4.69, 9.17) is 5.11 Å². The molecule has 0 spiro atoms. The van der Waals surface area contributed by atoms with Gasteiger partial charge in [-0.05, 0) is 30.4 Å². The first-order chi connectivity index (χ1) is 9.28. The minimum atomic E-state index is -0.106. The fourth-order valence-corrected chi connectivity index (χ4v) is 3.12. The van der Waals surface area contributed by atoms with Crippen molar-refractivity contribution in [3.05, 3.63) is 29.8 Å². The number of amides is 1. The number of para-hydroxylation sites is 1. The Morgan fingerprint density at radius 1 is 1.42 bits per heavy atom. The van der Waals surface area contributed by atoms with Crippen molar-refractivity contribution in [2.75, 3.05) is 25.0 Å². The first-order valence-corrected chi connectivity index (χ1v) is 7.02. The molecule has 1 saturated heterocycles. The lowest BCUT2D eigenvalue weighted by Crippen LogP contribution is -2.40. The van der Waals surface area contributed by atoms with Gasteiger partial charge in [0.25, 0.3) is 0 Å². The van der Waals surface area contributed by atoms with E-state index < -0.39 is 0 Å². The number of benzene rings is 1. The highest BCUT2D eigenvalue weighted by Gasteiger charge is 2.33. The number of rotatable bonds is 3. The zero-order chi connectivity index (χ0) is 13.2. The van der Waals surface area contributed by atoms with E-state index in [0.29, 0.717) is 5.92 Å². The molecule has 2 heterocycles. The van der Waals surface area contributed by atoms with Gasteiger partial charge in [-0.15, -0.1) is 0 Å². The van der Waals surface area contributed by atoms with Gasteiger partial charge in [-0.2, -0.15) is 0 Å². The van der Waals surface area contributed by atoms with Crippen LogP contribution in [-0.4, -0.2) is 41.7 Å². The summed E-state index contributed by atoms with van der Waals surface area (Å²) >= 11 is 0. The quantitative estimate of drug-likeness (QED) is 0.860. The van der Waals surface area contributed by atoms with E-state index in [0.717, 1.165) is 38.0 Å². The van der Waals surface area contributed by atoms with E-state index in [1.807, 2.05) is 23.1 Å². The number of hydrogen-bond donors (Lipinski definition) is 2. The molecule has 3 rings (SSSR count). The normalized spacial score (nSPS) is 25.2. The summed E-state index contributed by atoms with van der Waals surface area (Å²) in [5.41, 5.74) is 2.32. The Hall–Kier alpha value is -1.55. The molecule has 2 N–H and O–H groups in total. The lowest BCUT2D eigenvalue weighted by molar-refractivity contribution is -0.131. The molecular formula is C15H20N2O2. The monoisotopic (exact) mass is 260 g/mol. The van der Waals surface area contributed by atoms with Gasteiger partial charge in [-0.25, -0.2) is 0 Å². The summed E-state index contributed by atoms with van der Waals surface area (Å²) in [6.45, 7) is 1.85. The number of nitrogens with zero attached hydrogens (tertiary/aromatic N) is 1. The van der Waals surface area contributed by atoms with Crippen molar-refractivity contribution in [1.29, 1.82) is 0 Å². The summed E-state index contributed by atoms with van der Waals surface area (Å²) < 4.78 is 0. The Kier molecular flexibility index (Phi) is 3.42. The number of carbonyl (C=O) groups is 1. The lowest BCUT2D eigenvalue weighted by Gasteiger charge is -2.21. The molecule has 1 aromatic carbocycles. The highest BCUT2D eigenvalue weighted by molar-refractivity contribution is 5.87. The highest BCUT2D eigenvalue weighted by Crippen LogP contribution is 2.28. The molecule has 2 atom stereocenters. The third-order valence-electron chi connectivity index (χ3n) is 4.20. The first kappa shape index (κ1) is 12.5. The highest BCUT2D eigenvalue weighted by atomic mass is 16.3. The third-order valence-corrected chi connectivity index (χ3v) is 4.20. The SMILES string of the molecule is O=C([C@@H]1Cc2ccccc2N1)N1CCC(CCO)C1. The van der Waals surface area contributed by atoms with Crippen LogP contribution in [-0.2, 0) is 11.2 Å². The minimum Gasteiger partial charge on any atom is -0.396 e. The van der Waals surface area contributed by atoms with Crippen molar-refractivity contribution in [1.82, 2.24) is 4.90 Å². The molecule has 4 heteroatoms. The molecule has 0 aromatic heterocycles. The van der Waals surface area contributed by atoms with Gasteiger partial charge in [0.1, 0.15) is 6.04 Å². The molecule has 4 nitrogen and oxygen atoms in total. The van der Waals surface area contributed by atoms with E-state index in [1.165, 1.54) is 5.56 Å². The molecule has 1 fully saturated rings. The Morgan fingerprint density at radius 2 is 2.26 bits per heavy atom. The van der Waals surface area contributed by atoms with Crippen LogP contribution >= 0.6 is 0 Å². The van der Waals surface area contributed by atoms with Crippen LogP contribution in [0.5, 0.6) is 0 Å². The molecule has 2 aliphatic rings. The fraction of sp³-hybridized carbons (Fsp3) is 0.533. The molecule has 19 heavy (non-hydrogen) atoms. The predicted molar refractivity (Wildman–Crippen MR) is 73.9 cm³/mol. The topological polar surface area (TPSA) is 52.6 Å². The van der Waals surface area contributed by atoms with E-state index in [2.05, 4.69) is 11.4 Å². The second-order valence-corrected chi connectivity index (χ2v) is 5.51. The van der Waals surface area contributed by atoms with Crippen LogP contribution in [0, 0.1) is 5.92 Å². The van der Waals surface area contributed by atoms with Crippen molar-refractivity contribution in [2.45, 2.75) is 25.3 Å². The first-order valence-electron chi connectivity index (χ1n) is 7.02. The van der Waals surface area contributed by atoms with Crippen molar-refractivity contribution in [3.63, 3.8) is 0 Å². The summed E-state index contributed by atoms with van der Waals surface area (Å²) in [6, 6.07) is 8.01. The number of nitrogens with one attached hydrogen (secondary N) is 1. The Bertz CT molecular complexity index is 450. The van der Waals surface area contributed by atoms with Crippen LogP contribution in [0.25, 0.3) is 0 Å². The summed E-state index contributed by atoms with van der Waals surface area (Å²) in [5.74, 6) is 0.675. The molecular weight excluding hydrogens is 240 g/mol. The maximum atomic E-state index is 12.5. The van der Waals surface area contributed by atoms with Gasteiger partial charge < -0.3 is 15.3 Å². The van der Waals surface area contributed by atoms with Crippen LogP contribution in [0.2, 0.25) is 0 Å². The molecule has 1 unspecified atom stereocenters. The van der Waals surface area contributed by atoms with E-state index >= 15 is 0 Å². The van der Waals surface area contributed by atoms with Gasteiger partial charge in [-0.1, -0.05) is 18.2 Å². The van der Waals surface area contributed by atoms with Crippen LogP contribution in [0.3, 0.4) is 0 Å². The maximum absolute atomic E-state index is 12.5. The molecule has 0 radical (unpaired) electrons. The molecule has 0 saturated carbocycles. The van der Waals surface area contributed by atoms with Gasteiger partial charge in [-0.3, -0.25) is 4.79 Å². The fourth-order valence-electron chi connectivity index (χ4n) is 3.12. The molecule has 2 aliphatic heterocycles. The van der Waals surface area contributed by atoms with Gasteiger partial charge in [0, 0.05) is 31.8 Å². The van der Waals surface area contributed by atoms with Gasteiger partial charge in [0.05, 0.1) is 0 Å². The second kappa shape index (κ2) is 5.21. The number of aliphatic hydroxyl groups is 1. The smallest absolute Gasteiger partial charge is 0.245 e. The standard InChI is InChI=1S/C15H20N2O2/c18-8-6-11-5-7-17(10-11)15(19)14-9-12-3-1-2-4-13(12)16-14/h1-4,11,14,16,18H,5-10H2/t11?,14-/m0/s1. The molecule has 1 aromatic rings. The van der Waals surface area contributed by atoms with Gasteiger partial charge in [0.15, 0.2) is 0 Å². The van der Waals surface area contributed by atoms with E-state index in [1.54, 1.807) is 0 Å². The molecule has 102 valence electrons. The van der Waals surface area contributed by atoms with Crippen LogP contribution in [0.4, 0.5) is 5.69 Å². The maximum Gasteiger partial charge on any atom is 0.245 e. The summed E-state index contributed by atoms with van der Waals surface area (Å²) in [4.78, 5) is 14.4. The Balaban J connectivity index is 1.61. The van der Waals surface area contributed by atoms with Crippen molar-refractivity contribution in [3.8, 4) is 0 Å². The number of carbonyl (C=O) groups excluding carboxylic acids is 1. The van der Waals surface area contributed by atoms with Crippen LogP contribution < -0.4 is 5.32 Å². The number of hydrogen-bond acceptors (Lipinski definition) is 3. The molecule has 0 aliphatic carbocycles. The summed E-state index contributed by atoms with van der Waals surface area (Å²) in [5, 5.41) is 12.3. The number of likely N-dealkylation sites (tertiary alicyclic amines) is 1.